The third-order valence-corrected chi connectivity index (χ3v) is 6.01. The van der Waals surface area contributed by atoms with Crippen molar-refractivity contribution in [3.8, 4) is 11.5 Å². The van der Waals surface area contributed by atoms with E-state index in [9.17, 15) is 4.79 Å². The van der Waals surface area contributed by atoms with Crippen LogP contribution in [0.15, 0.2) is 48.5 Å². The molecule has 1 atom stereocenters. The van der Waals surface area contributed by atoms with Gasteiger partial charge in [-0.1, -0.05) is 43.3 Å². The minimum absolute atomic E-state index is 0.0916. The summed E-state index contributed by atoms with van der Waals surface area (Å²) in [6.45, 7) is 5.43. The minimum atomic E-state index is 0.0916. The van der Waals surface area contributed by atoms with Crippen LogP contribution in [-0.4, -0.2) is 37.2 Å². The number of hydrogen-bond acceptors (Lipinski definition) is 4. The molecule has 2 aliphatic rings. The summed E-state index contributed by atoms with van der Waals surface area (Å²) >= 11 is 0. The number of carbonyl (C=O) groups excluding carboxylic acids is 1. The van der Waals surface area contributed by atoms with E-state index in [0.717, 1.165) is 36.1 Å². The third-order valence-electron chi connectivity index (χ3n) is 6.01. The van der Waals surface area contributed by atoms with Crippen LogP contribution < -0.4 is 14.8 Å². The summed E-state index contributed by atoms with van der Waals surface area (Å²) in [4.78, 5) is 15.1. The quantitative estimate of drug-likeness (QED) is 0.773. The lowest BCUT2D eigenvalue weighted by Crippen LogP contribution is -2.42. The second-order valence-corrected chi connectivity index (χ2v) is 8.14. The van der Waals surface area contributed by atoms with Crippen molar-refractivity contribution in [1.82, 2.24) is 10.2 Å². The van der Waals surface area contributed by atoms with Gasteiger partial charge in [0, 0.05) is 13.0 Å². The van der Waals surface area contributed by atoms with Crippen molar-refractivity contribution in [1.29, 1.82) is 0 Å². The number of piperidine rings is 1. The third kappa shape index (κ3) is 5.10. The Labute approximate surface area is 173 Å². The summed E-state index contributed by atoms with van der Waals surface area (Å²) in [5.74, 6) is 2.43. The summed E-state index contributed by atoms with van der Waals surface area (Å²) < 4.78 is 10.8. The number of hydrogen-bond donors (Lipinski definition) is 1. The highest BCUT2D eigenvalue weighted by atomic mass is 16.7. The zero-order chi connectivity index (χ0) is 20.1. The lowest BCUT2D eigenvalue weighted by Gasteiger charge is -2.37. The van der Waals surface area contributed by atoms with Crippen LogP contribution in [0.4, 0.5) is 0 Å². The molecule has 1 unspecified atom stereocenters. The fourth-order valence-corrected chi connectivity index (χ4v) is 4.13. The Hall–Kier alpha value is -2.53. The lowest BCUT2D eigenvalue weighted by molar-refractivity contribution is -0.121. The molecule has 154 valence electrons. The number of nitrogens with one attached hydrogen (secondary N) is 1. The molecule has 5 nitrogen and oxygen atoms in total. The van der Waals surface area contributed by atoms with Crippen molar-refractivity contribution in [2.45, 2.75) is 38.6 Å². The summed E-state index contributed by atoms with van der Waals surface area (Å²) in [5.41, 5.74) is 2.37. The highest BCUT2D eigenvalue weighted by Crippen LogP contribution is 2.32. The molecular formula is C24H30N2O3. The van der Waals surface area contributed by atoms with Crippen LogP contribution in [0.3, 0.4) is 0 Å². The smallest absolute Gasteiger partial charge is 0.231 e. The van der Waals surface area contributed by atoms with Gasteiger partial charge in [0.1, 0.15) is 0 Å². The number of ether oxygens (including phenoxy) is 2. The Bertz CT molecular complexity index is 816. The van der Waals surface area contributed by atoms with Crippen LogP contribution in [0.1, 0.15) is 43.4 Å². The number of amides is 1. The normalized spacial score (nSPS) is 17.8. The zero-order valence-electron chi connectivity index (χ0n) is 17.1. The van der Waals surface area contributed by atoms with Crippen molar-refractivity contribution in [2.75, 3.05) is 26.4 Å². The second-order valence-electron chi connectivity index (χ2n) is 8.14. The average molecular weight is 395 g/mol. The van der Waals surface area contributed by atoms with Crippen molar-refractivity contribution >= 4 is 5.91 Å². The fraction of sp³-hybridized carbons (Fsp3) is 0.458. The first-order valence-electron chi connectivity index (χ1n) is 10.6. The Morgan fingerprint density at radius 2 is 1.86 bits per heavy atom. The van der Waals surface area contributed by atoms with Gasteiger partial charge in [-0.3, -0.25) is 9.69 Å². The number of nitrogens with zero attached hydrogens (tertiary/aromatic N) is 1. The average Bonchev–Trinajstić information content (AvgIpc) is 3.22. The lowest BCUT2D eigenvalue weighted by atomic mass is 9.95. The molecule has 1 fully saturated rings. The first kappa shape index (κ1) is 19.8. The fourth-order valence-electron chi connectivity index (χ4n) is 4.13. The van der Waals surface area contributed by atoms with E-state index >= 15 is 0 Å². The molecule has 0 saturated carbocycles. The molecule has 0 bridgehead atoms. The number of benzene rings is 2. The molecule has 2 aromatic carbocycles. The molecule has 2 aromatic rings. The summed E-state index contributed by atoms with van der Waals surface area (Å²) in [6, 6.07) is 16.7. The Kier molecular flexibility index (Phi) is 6.35. The largest absolute Gasteiger partial charge is 0.454 e. The molecule has 5 heteroatoms. The number of carbonyl (C=O) groups is 1. The van der Waals surface area contributed by atoms with Crippen molar-refractivity contribution in [3.63, 3.8) is 0 Å². The predicted molar refractivity (Wildman–Crippen MR) is 113 cm³/mol. The number of aryl methyl sites for hydroxylation is 1. The summed E-state index contributed by atoms with van der Waals surface area (Å²) in [7, 11) is 0. The highest BCUT2D eigenvalue weighted by molar-refractivity contribution is 5.76. The molecule has 0 spiro atoms. The van der Waals surface area contributed by atoms with Crippen LogP contribution in [-0.2, 0) is 11.2 Å². The number of likely N-dealkylation sites (tertiary alicyclic amines) is 1. The monoisotopic (exact) mass is 394 g/mol. The van der Waals surface area contributed by atoms with Crippen LogP contribution >= 0.6 is 0 Å². The van der Waals surface area contributed by atoms with E-state index < -0.39 is 0 Å². The SMILES string of the molecule is CC1CCN(C(CNC(=O)CCc2ccc3c(c2)OCO3)c2ccccc2)CC1. The van der Waals surface area contributed by atoms with Gasteiger partial charge in [0.05, 0.1) is 6.04 Å². The van der Waals surface area contributed by atoms with E-state index in [2.05, 4.69) is 41.4 Å². The summed E-state index contributed by atoms with van der Waals surface area (Å²) in [6.07, 6.45) is 3.61. The molecule has 4 rings (SSSR count). The van der Waals surface area contributed by atoms with Gasteiger partial charge in [-0.25, -0.2) is 0 Å². The second kappa shape index (κ2) is 9.31. The van der Waals surface area contributed by atoms with E-state index in [0.29, 0.717) is 19.4 Å². The molecule has 0 aromatic heterocycles. The van der Waals surface area contributed by atoms with Gasteiger partial charge in [-0.15, -0.1) is 0 Å². The topological polar surface area (TPSA) is 50.8 Å². The Balaban J connectivity index is 1.32. The zero-order valence-corrected chi connectivity index (χ0v) is 17.1. The maximum absolute atomic E-state index is 12.5. The molecular weight excluding hydrogens is 364 g/mol. The number of fused-ring (bicyclic) bond motifs is 1. The van der Waals surface area contributed by atoms with Crippen LogP contribution in [0, 0.1) is 5.92 Å². The van der Waals surface area contributed by atoms with Crippen LogP contribution in [0.25, 0.3) is 0 Å². The van der Waals surface area contributed by atoms with E-state index in [1.165, 1.54) is 18.4 Å². The van der Waals surface area contributed by atoms with Gasteiger partial charge in [-0.2, -0.15) is 0 Å². The maximum atomic E-state index is 12.5. The first-order valence-corrected chi connectivity index (χ1v) is 10.6. The standard InChI is InChI=1S/C24H30N2O3/c1-18-11-13-26(14-12-18)21(20-5-3-2-4-6-20)16-25-24(27)10-8-19-7-9-22-23(15-19)29-17-28-22/h2-7,9,15,18,21H,8,10-14,16-17H2,1H3,(H,25,27). The Morgan fingerprint density at radius 1 is 1.10 bits per heavy atom. The van der Waals surface area contributed by atoms with Gasteiger partial charge in [0.25, 0.3) is 0 Å². The molecule has 0 aliphatic carbocycles. The van der Waals surface area contributed by atoms with E-state index in [1.54, 1.807) is 0 Å². The van der Waals surface area contributed by atoms with Gasteiger partial charge < -0.3 is 14.8 Å². The van der Waals surface area contributed by atoms with Gasteiger partial charge >= 0.3 is 0 Å². The summed E-state index contributed by atoms with van der Waals surface area (Å²) in [5, 5.41) is 3.18. The van der Waals surface area contributed by atoms with E-state index in [-0.39, 0.29) is 18.7 Å². The first-order chi connectivity index (χ1) is 14.2. The van der Waals surface area contributed by atoms with Gasteiger partial charge in [0.2, 0.25) is 12.7 Å². The van der Waals surface area contributed by atoms with E-state index in [4.69, 9.17) is 9.47 Å². The molecule has 2 heterocycles. The van der Waals surface area contributed by atoms with Gasteiger partial charge in [0.15, 0.2) is 11.5 Å². The molecule has 29 heavy (non-hydrogen) atoms. The van der Waals surface area contributed by atoms with Gasteiger partial charge in [-0.05, 0) is 61.5 Å². The molecule has 1 N–H and O–H groups in total. The predicted octanol–water partition coefficient (Wildman–Crippen LogP) is 3.94. The number of rotatable bonds is 7. The van der Waals surface area contributed by atoms with Crippen molar-refractivity contribution in [3.05, 3.63) is 59.7 Å². The highest BCUT2D eigenvalue weighted by Gasteiger charge is 2.25. The van der Waals surface area contributed by atoms with Crippen molar-refractivity contribution < 1.29 is 14.3 Å². The van der Waals surface area contributed by atoms with Crippen molar-refractivity contribution in [2.24, 2.45) is 5.92 Å². The maximum Gasteiger partial charge on any atom is 0.231 e. The molecule has 1 amide bonds. The van der Waals surface area contributed by atoms with Crippen LogP contribution in [0.5, 0.6) is 11.5 Å². The minimum Gasteiger partial charge on any atom is -0.454 e. The molecule has 0 radical (unpaired) electrons. The van der Waals surface area contributed by atoms with Crippen LogP contribution in [0.2, 0.25) is 0 Å². The van der Waals surface area contributed by atoms with E-state index in [1.807, 2.05) is 24.3 Å². The molecule has 1 saturated heterocycles. The Morgan fingerprint density at radius 3 is 2.66 bits per heavy atom. The molecule has 2 aliphatic heterocycles.